The van der Waals surface area contributed by atoms with Gasteiger partial charge >= 0.3 is 0 Å². The molecule has 1 heterocycles. The number of carbonyl (C=O) groups excluding carboxylic acids is 1. The van der Waals surface area contributed by atoms with Gasteiger partial charge in [-0.1, -0.05) is 36.4 Å². The molecule has 1 fully saturated rings. The third-order valence-corrected chi connectivity index (χ3v) is 6.14. The van der Waals surface area contributed by atoms with E-state index in [1.807, 2.05) is 30.6 Å². The van der Waals surface area contributed by atoms with Crippen molar-refractivity contribution in [2.75, 3.05) is 31.1 Å². The average molecular weight is 402 g/mol. The van der Waals surface area contributed by atoms with E-state index in [0.29, 0.717) is 5.56 Å². The number of aryl methyl sites for hydroxylation is 1. The van der Waals surface area contributed by atoms with Crippen molar-refractivity contribution >= 4 is 24.6 Å². The van der Waals surface area contributed by atoms with Crippen molar-refractivity contribution in [3.8, 4) is 11.1 Å². The average Bonchev–Trinajstić information content (AvgIpc) is 2.77. The van der Waals surface area contributed by atoms with Gasteiger partial charge in [0.15, 0.2) is 0 Å². The van der Waals surface area contributed by atoms with Gasteiger partial charge in [-0.15, -0.1) is 12.6 Å². The number of hydrogen-bond acceptors (Lipinski definition) is 4. The molecule has 0 N–H and O–H groups in total. The van der Waals surface area contributed by atoms with Gasteiger partial charge in [-0.25, -0.2) is 0 Å². The SMILES string of the molecule is Cc1cc(-c2ccccc2CN2CCN(c3ccc([C]=O)cc3)CC2)ccc1S. The number of nitrogens with zero attached hydrogens (tertiary/aromatic N) is 2. The molecule has 3 aromatic carbocycles. The monoisotopic (exact) mass is 401 g/mol. The maximum absolute atomic E-state index is 10.7. The lowest BCUT2D eigenvalue weighted by Crippen LogP contribution is -2.46. The van der Waals surface area contributed by atoms with Crippen LogP contribution in [0.15, 0.2) is 71.6 Å². The van der Waals surface area contributed by atoms with Gasteiger partial charge in [0.05, 0.1) is 0 Å². The summed E-state index contributed by atoms with van der Waals surface area (Å²) in [6.07, 6.45) is 1.94. The molecule has 1 saturated heterocycles. The van der Waals surface area contributed by atoms with Crippen LogP contribution in [0, 0.1) is 6.92 Å². The van der Waals surface area contributed by atoms with Gasteiger partial charge in [-0.2, -0.15) is 0 Å². The summed E-state index contributed by atoms with van der Waals surface area (Å²) < 4.78 is 0. The number of rotatable bonds is 5. The molecule has 4 rings (SSSR count). The molecule has 0 bridgehead atoms. The van der Waals surface area contributed by atoms with Crippen LogP contribution in [0.4, 0.5) is 5.69 Å². The Balaban J connectivity index is 1.44. The third-order valence-electron chi connectivity index (χ3n) is 5.64. The first-order valence-corrected chi connectivity index (χ1v) is 10.4. The van der Waals surface area contributed by atoms with Crippen molar-refractivity contribution in [2.24, 2.45) is 0 Å². The quantitative estimate of drug-likeness (QED) is 0.625. The summed E-state index contributed by atoms with van der Waals surface area (Å²) in [5.74, 6) is 0. The highest BCUT2D eigenvalue weighted by Gasteiger charge is 2.18. The van der Waals surface area contributed by atoms with Gasteiger partial charge < -0.3 is 4.90 Å². The zero-order chi connectivity index (χ0) is 20.2. The summed E-state index contributed by atoms with van der Waals surface area (Å²) in [5.41, 5.74) is 6.89. The summed E-state index contributed by atoms with van der Waals surface area (Å²) in [6.45, 7) is 7.06. The first-order valence-electron chi connectivity index (χ1n) is 9.97. The van der Waals surface area contributed by atoms with Crippen molar-refractivity contribution < 1.29 is 4.79 Å². The van der Waals surface area contributed by atoms with E-state index in [9.17, 15) is 4.79 Å². The van der Waals surface area contributed by atoms with Crippen molar-refractivity contribution in [1.82, 2.24) is 4.90 Å². The molecule has 1 radical (unpaired) electrons. The van der Waals surface area contributed by atoms with Crippen LogP contribution in [-0.4, -0.2) is 37.4 Å². The molecular formula is C25H25N2OS. The third kappa shape index (κ3) is 4.55. The number of piperazine rings is 1. The van der Waals surface area contributed by atoms with Gasteiger partial charge in [0.1, 0.15) is 0 Å². The standard InChI is InChI=1S/C25H25N2OS/c1-19-16-21(8-11-25(19)29)24-5-3-2-4-22(24)17-26-12-14-27(15-13-26)23-9-6-20(18-28)7-10-23/h2-11,16,29H,12-15,17H2,1H3. The molecule has 1 aliphatic rings. The minimum atomic E-state index is 0.602. The highest BCUT2D eigenvalue weighted by Crippen LogP contribution is 2.28. The van der Waals surface area contributed by atoms with Crippen LogP contribution in [0.25, 0.3) is 11.1 Å². The van der Waals surface area contributed by atoms with E-state index >= 15 is 0 Å². The van der Waals surface area contributed by atoms with E-state index in [0.717, 1.165) is 37.6 Å². The van der Waals surface area contributed by atoms with E-state index in [-0.39, 0.29) is 0 Å². The molecule has 3 nitrogen and oxygen atoms in total. The van der Waals surface area contributed by atoms with Crippen molar-refractivity contribution in [1.29, 1.82) is 0 Å². The molecule has 0 spiro atoms. The summed E-state index contributed by atoms with van der Waals surface area (Å²) in [4.78, 5) is 16.7. The first kappa shape index (κ1) is 19.7. The number of hydrogen-bond donors (Lipinski definition) is 1. The van der Waals surface area contributed by atoms with Gasteiger partial charge in [-0.3, -0.25) is 9.69 Å². The lowest BCUT2D eigenvalue weighted by atomic mass is 9.98. The van der Waals surface area contributed by atoms with Crippen LogP contribution < -0.4 is 4.90 Å². The van der Waals surface area contributed by atoms with Crippen LogP contribution >= 0.6 is 12.6 Å². The number of thiol groups is 1. The van der Waals surface area contributed by atoms with Crippen LogP contribution in [0.1, 0.15) is 16.7 Å². The summed E-state index contributed by atoms with van der Waals surface area (Å²) in [7, 11) is 0. The Kier molecular flexibility index (Phi) is 6.02. The molecule has 29 heavy (non-hydrogen) atoms. The predicted molar refractivity (Wildman–Crippen MR) is 123 cm³/mol. The summed E-state index contributed by atoms with van der Waals surface area (Å²) in [5, 5.41) is 0. The predicted octanol–water partition coefficient (Wildman–Crippen LogP) is 4.73. The lowest BCUT2D eigenvalue weighted by Gasteiger charge is -2.36. The Morgan fingerprint density at radius 3 is 2.34 bits per heavy atom. The fraction of sp³-hybridized carbons (Fsp3) is 0.240. The molecule has 0 aromatic heterocycles. The second-order valence-corrected chi connectivity index (χ2v) is 8.05. The van der Waals surface area contributed by atoms with E-state index in [1.165, 1.54) is 27.9 Å². The maximum Gasteiger partial charge on any atom is 0.233 e. The van der Waals surface area contributed by atoms with Crippen LogP contribution in [-0.2, 0) is 11.3 Å². The molecule has 0 unspecified atom stereocenters. The van der Waals surface area contributed by atoms with Crippen molar-refractivity contribution in [2.45, 2.75) is 18.4 Å². The zero-order valence-electron chi connectivity index (χ0n) is 16.6. The highest BCUT2D eigenvalue weighted by atomic mass is 32.1. The van der Waals surface area contributed by atoms with E-state index in [4.69, 9.17) is 0 Å². The topological polar surface area (TPSA) is 23.6 Å². The highest BCUT2D eigenvalue weighted by molar-refractivity contribution is 7.80. The molecule has 4 heteroatoms. The molecule has 3 aromatic rings. The Bertz CT molecular complexity index is 992. The van der Waals surface area contributed by atoms with Crippen molar-refractivity contribution in [3.05, 3.63) is 83.4 Å². The minimum Gasteiger partial charge on any atom is -0.369 e. The van der Waals surface area contributed by atoms with E-state index in [1.54, 1.807) is 0 Å². The smallest absolute Gasteiger partial charge is 0.233 e. The number of anilines is 1. The van der Waals surface area contributed by atoms with Crippen LogP contribution in [0.3, 0.4) is 0 Å². The summed E-state index contributed by atoms with van der Waals surface area (Å²) >= 11 is 4.51. The zero-order valence-corrected chi connectivity index (χ0v) is 17.5. The Labute approximate surface area is 178 Å². The second-order valence-electron chi connectivity index (χ2n) is 7.57. The van der Waals surface area contributed by atoms with Gasteiger partial charge in [0.2, 0.25) is 6.29 Å². The molecule has 0 saturated carbocycles. The van der Waals surface area contributed by atoms with Crippen LogP contribution in [0.5, 0.6) is 0 Å². The summed E-state index contributed by atoms with van der Waals surface area (Å²) in [6, 6.07) is 22.8. The van der Waals surface area contributed by atoms with Gasteiger partial charge in [0, 0.05) is 48.9 Å². The van der Waals surface area contributed by atoms with Gasteiger partial charge in [-0.05, 0) is 59.5 Å². The molecule has 1 aliphatic heterocycles. The molecule has 0 amide bonds. The van der Waals surface area contributed by atoms with Crippen LogP contribution in [0.2, 0.25) is 0 Å². The lowest BCUT2D eigenvalue weighted by molar-refractivity contribution is 0.250. The Hall–Kier alpha value is -2.56. The number of benzene rings is 3. The fourth-order valence-corrected chi connectivity index (χ4v) is 4.05. The normalized spacial score (nSPS) is 14.8. The van der Waals surface area contributed by atoms with E-state index < -0.39 is 0 Å². The van der Waals surface area contributed by atoms with Crippen molar-refractivity contribution in [3.63, 3.8) is 0 Å². The van der Waals surface area contributed by atoms with E-state index in [2.05, 4.69) is 71.8 Å². The molecule has 147 valence electrons. The second kappa shape index (κ2) is 8.85. The largest absolute Gasteiger partial charge is 0.369 e. The van der Waals surface area contributed by atoms with Gasteiger partial charge in [0.25, 0.3) is 0 Å². The molecule has 0 atom stereocenters. The molecular weight excluding hydrogens is 376 g/mol. The molecule has 0 aliphatic carbocycles. The maximum atomic E-state index is 10.7. The Morgan fingerprint density at radius 1 is 0.931 bits per heavy atom. The minimum absolute atomic E-state index is 0.602. The first-order chi connectivity index (χ1) is 14.1. The Morgan fingerprint density at radius 2 is 1.66 bits per heavy atom. The fourth-order valence-electron chi connectivity index (χ4n) is 3.91.